The first-order valence-electron chi connectivity index (χ1n) is 9.11. The number of rotatable bonds is 9. The van der Waals surface area contributed by atoms with Gasteiger partial charge in [0.25, 0.3) is 0 Å². The molecule has 0 bridgehead atoms. The van der Waals surface area contributed by atoms with Crippen LogP contribution in [0.4, 0.5) is 17.5 Å². The highest BCUT2D eigenvalue weighted by atomic mass is 16.5. The van der Waals surface area contributed by atoms with E-state index in [1.165, 1.54) is 6.92 Å². The number of benzene rings is 2. The summed E-state index contributed by atoms with van der Waals surface area (Å²) in [4.78, 5) is 15.8. The first kappa shape index (κ1) is 20.1. The third-order valence-electron chi connectivity index (χ3n) is 4.27. The number of hydrogen-bond donors (Lipinski definition) is 2. The SMILES string of the molecule is COc1ccc(CCNc2cnnc(Nc3ccc(C(C)=O)cc3)n2)cc1OC. The molecule has 8 nitrogen and oxygen atoms in total. The smallest absolute Gasteiger partial charge is 0.249 e. The van der Waals surface area contributed by atoms with Crippen LogP contribution >= 0.6 is 0 Å². The lowest BCUT2D eigenvalue weighted by molar-refractivity contribution is 0.101. The van der Waals surface area contributed by atoms with E-state index in [-0.39, 0.29) is 5.78 Å². The summed E-state index contributed by atoms with van der Waals surface area (Å²) >= 11 is 0. The Kier molecular flexibility index (Phi) is 6.57. The van der Waals surface area contributed by atoms with Gasteiger partial charge in [-0.1, -0.05) is 6.07 Å². The zero-order chi connectivity index (χ0) is 20.6. The fourth-order valence-corrected chi connectivity index (χ4v) is 2.73. The largest absolute Gasteiger partial charge is 0.493 e. The van der Waals surface area contributed by atoms with Crippen LogP contribution in [0.15, 0.2) is 48.7 Å². The van der Waals surface area contributed by atoms with Gasteiger partial charge < -0.3 is 20.1 Å². The van der Waals surface area contributed by atoms with Gasteiger partial charge in [-0.25, -0.2) is 0 Å². The normalized spacial score (nSPS) is 10.3. The molecule has 0 radical (unpaired) electrons. The molecule has 0 aliphatic rings. The second-order valence-corrected chi connectivity index (χ2v) is 6.29. The van der Waals surface area contributed by atoms with Gasteiger partial charge in [-0.05, 0) is 55.3 Å². The number of hydrogen-bond acceptors (Lipinski definition) is 8. The number of ketones is 1. The monoisotopic (exact) mass is 393 g/mol. The summed E-state index contributed by atoms with van der Waals surface area (Å²) < 4.78 is 10.6. The first-order valence-corrected chi connectivity index (χ1v) is 9.11. The van der Waals surface area contributed by atoms with Crippen LogP contribution in [0.3, 0.4) is 0 Å². The predicted octanol–water partition coefficient (Wildman–Crippen LogP) is 3.49. The highest BCUT2D eigenvalue weighted by Gasteiger charge is 2.06. The summed E-state index contributed by atoms with van der Waals surface area (Å²) in [5.74, 6) is 2.42. The van der Waals surface area contributed by atoms with Crippen LogP contribution in [-0.2, 0) is 6.42 Å². The number of aromatic nitrogens is 3. The van der Waals surface area contributed by atoms with Crippen molar-refractivity contribution in [3.8, 4) is 11.5 Å². The number of nitrogens with one attached hydrogen (secondary N) is 2. The van der Waals surface area contributed by atoms with E-state index >= 15 is 0 Å². The molecule has 8 heteroatoms. The molecule has 2 N–H and O–H groups in total. The Balaban J connectivity index is 1.58. The number of ether oxygens (including phenoxy) is 2. The third-order valence-corrected chi connectivity index (χ3v) is 4.27. The van der Waals surface area contributed by atoms with Gasteiger partial charge >= 0.3 is 0 Å². The molecule has 0 amide bonds. The quantitative estimate of drug-likeness (QED) is 0.533. The number of nitrogens with zero attached hydrogens (tertiary/aromatic N) is 3. The maximum absolute atomic E-state index is 11.4. The summed E-state index contributed by atoms with van der Waals surface area (Å²) in [5.41, 5.74) is 2.54. The van der Waals surface area contributed by atoms with Crippen molar-refractivity contribution >= 4 is 23.2 Å². The molecule has 0 fully saturated rings. The minimum Gasteiger partial charge on any atom is -0.493 e. The predicted molar refractivity (Wildman–Crippen MR) is 111 cm³/mol. The Hall–Kier alpha value is -3.68. The lowest BCUT2D eigenvalue weighted by Crippen LogP contribution is -2.09. The molecule has 150 valence electrons. The molecule has 0 saturated carbocycles. The lowest BCUT2D eigenvalue weighted by Gasteiger charge is -2.10. The number of methoxy groups -OCH3 is 2. The fraction of sp³-hybridized carbons (Fsp3) is 0.238. The number of carbonyl (C=O) groups is 1. The average Bonchev–Trinajstić information content (AvgIpc) is 2.74. The standard InChI is InChI=1S/C21H23N5O3/c1-14(27)16-5-7-17(8-6-16)24-21-25-20(13-23-26-21)22-11-10-15-4-9-18(28-2)19(12-15)29-3/h4-9,12-13H,10-11H2,1-3H3,(H2,22,24,25,26). The number of anilines is 3. The summed E-state index contributed by atoms with van der Waals surface area (Å²) in [6, 6.07) is 13.0. The van der Waals surface area contributed by atoms with E-state index in [0.29, 0.717) is 35.4 Å². The maximum Gasteiger partial charge on any atom is 0.249 e. The van der Waals surface area contributed by atoms with E-state index in [1.807, 2.05) is 18.2 Å². The van der Waals surface area contributed by atoms with Gasteiger partial charge in [-0.2, -0.15) is 10.1 Å². The van der Waals surface area contributed by atoms with Crippen molar-refractivity contribution in [2.45, 2.75) is 13.3 Å². The molecule has 0 spiro atoms. The van der Waals surface area contributed by atoms with Gasteiger partial charge in [0.1, 0.15) is 0 Å². The average molecular weight is 393 g/mol. The number of Topliss-reactive ketones (excluding diaryl/α,β-unsaturated/α-hetero) is 1. The molecule has 3 rings (SSSR count). The Bertz CT molecular complexity index is 976. The molecule has 0 unspecified atom stereocenters. The van der Waals surface area contributed by atoms with Gasteiger partial charge in [-0.15, -0.1) is 5.10 Å². The first-order chi connectivity index (χ1) is 14.1. The Labute approximate surface area is 169 Å². The van der Waals surface area contributed by atoms with Gasteiger partial charge in [0, 0.05) is 17.8 Å². The topological polar surface area (TPSA) is 98.3 Å². The van der Waals surface area contributed by atoms with Crippen LogP contribution in [0, 0.1) is 0 Å². The Morgan fingerprint density at radius 1 is 1.03 bits per heavy atom. The summed E-state index contributed by atoms with van der Waals surface area (Å²) in [7, 11) is 3.24. The van der Waals surface area contributed by atoms with E-state index in [4.69, 9.17) is 9.47 Å². The van der Waals surface area contributed by atoms with E-state index in [9.17, 15) is 4.79 Å². The van der Waals surface area contributed by atoms with Gasteiger partial charge in [0.05, 0.1) is 20.4 Å². The summed E-state index contributed by atoms with van der Waals surface area (Å²) in [6.45, 7) is 2.20. The van der Waals surface area contributed by atoms with Crippen LogP contribution in [0.2, 0.25) is 0 Å². The zero-order valence-electron chi connectivity index (χ0n) is 16.6. The Morgan fingerprint density at radius 2 is 1.79 bits per heavy atom. The fourth-order valence-electron chi connectivity index (χ4n) is 2.73. The molecular formula is C21H23N5O3. The van der Waals surface area contributed by atoms with Crippen LogP contribution in [0.25, 0.3) is 0 Å². The molecular weight excluding hydrogens is 370 g/mol. The molecule has 0 saturated heterocycles. The van der Waals surface area contributed by atoms with Gasteiger partial charge in [-0.3, -0.25) is 4.79 Å². The summed E-state index contributed by atoms with van der Waals surface area (Å²) in [5, 5.41) is 14.3. The minimum atomic E-state index is 0.0233. The van der Waals surface area contributed by atoms with Crippen molar-refractivity contribution < 1.29 is 14.3 Å². The lowest BCUT2D eigenvalue weighted by atomic mass is 10.1. The van der Waals surface area contributed by atoms with Crippen molar-refractivity contribution in [1.82, 2.24) is 15.2 Å². The van der Waals surface area contributed by atoms with Crippen LogP contribution < -0.4 is 20.1 Å². The zero-order valence-corrected chi connectivity index (χ0v) is 16.6. The van der Waals surface area contributed by atoms with Crippen molar-refractivity contribution in [1.29, 1.82) is 0 Å². The van der Waals surface area contributed by atoms with Gasteiger partial charge in [0.15, 0.2) is 23.1 Å². The Morgan fingerprint density at radius 3 is 2.48 bits per heavy atom. The highest BCUT2D eigenvalue weighted by molar-refractivity contribution is 5.94. The minimum absolute atomic E-state index is 0.0233. The molecule has 1 aromatic heterocycles. The van der Waals surface area contributed by atoms with Crippen LogP contribution in [0.5, 0.6) is 11.5 Å². The van der Waals surface area contributed by atoms with E-state index in [0.717, 1.165) is 17.7 Å². The molecule has 29 heavy (non-hydrogen) atoms. The van der Waals surface area contributed by atoms with Gasteiger partial charge in [0.2, 0.25) is 5.95 Å². The van der Waals surface area contributed by atoms with Crippen molar-refractivity contribution in [3.05, 3.63) is 59.8 Å². The molecule has 1 heterocycles. The molecule has 0 atom stereocenters. The van der Waals surface area contributed by atoms with E-state index in [2.05, 4.69) is 25.8 Å². The molecule has 0 aliphatic heterocycles. The van der Waals surface area contributed by atoms with Crippen molar-refractivity contribution in [2.24, 2.45) is 0 Å². The second-order valence-electron chi connectivity index (χ2n) is 6.29. The van der Waals surface area contributed by atoms with Crippen molar-refractivity contribution in [2.75, 3.05) is 31.4 Å². The van der Waals surface area contributed by atoms with Crippen molar-refractivity contribution in [3.63, 3.8) is 0 Å². The molecule has 2 aromatic carbocycles. The summed E-state index contributed by atoms with van der Waals surface area (Å²) in [6.07, 6.45) is 2.35. The molecule has 0 aliphatic carbocycles. The third kappa shape index (κ3) is 5.41. The number of carbonyl (C=O) groups excluding carboxylic acids is 1. The van der Waals surface area contributed by atoms with E-state index in [1.54, 1.807) is 44.7 Å². The van der Waals surface area contributed by atoms with E-state index < -0.39 is 0 Å². The maximum atomic E-state index is 11.4. The highest BCUT2D eigenvalue weighted by Crippen LogP contribution is 2.27. The second kappa shape index (κ2) is 9.50. The molecule has 3 aromatic rings. The van der Waals surface area contributed by atoms with Crippen LogP contribution in [0.1, 0.15) is 22.8 Å². The van der Waals surface area contributed by atoms with Crippen LogP contribution in [-0.4, -0.2) is 41.7 Å².